The maximum atomic E-state index is 13.2. The molecular weight excluding hydrogens is 233 g/mol. The summed E-state index contributed by atoms with van der Waals surface area (Å²) in [7, 11) is 0. The van der Waals surface area contributed by atoms with E-state index < -0.39 is 0 Å². The first-order chi connectivity index (χ1) is 8.63. The highest BCUT2D eigenvalue weighted by Gasteiger charge is 2.16. The summed E-state index contributed by atoms with van der Waals surface area (Å²) < 4.78 is 14.7. The molecule has 2 aromatic heterocycles. The van der Waals surface area contributed by atoms with Gasteiger partial charge < -0.3 is 5.32 Å². The number of nitrogens with zero attached hydrogens (tertiary/aromatic N) is 2. The van der Waals surface area contributed by atoms with E-state index >= 15 is 0 Å². The van der Waals surface area contributed by atoms with Crippen LogP contribution < -0.4 is 5.32 Å². The van der Waals surface area contributed by atoms with Crippen molar-refractivity contribution in [3.05, 3.63) is 35.5 Å². The van der Waals surface area contributed by atoms with Gasteiger partial charge >= 0.3 is 0 Å². The predicted molar refractivity (Wildman–Crippen MR) is 67.1 cm³/mol. The number of halogens is 1. The molecule has 0 unspecified atom stereocenters. The third-order valence-electron chi connectivity index (χ3n) is 2.79. The molecule has 0 aromatic carbocycles. The van der Waals surface area contributed by atoms with Gasteiger partial charge in [0, 0.05) is 12.7 Å². The van der Waals surface area contributed by atoms with Crippen molar-refractivity contribution in [3.63, 3.8) is 0 Å². The Kier molecular flexibility index (Phi) is 3.60. The standard InChI is InChI=1S/C13H16FN3O/c1-3-4-7-15-13(18)12-9(2)16-11-6-5-10(14)8-17(11)12/h5-6,8H,3-4,7H2,1-2H3,(H,15,18). The Morgan fingerprint density at radius 2 is 2.28 bits per heavy atom. The predicted octanol–water partition coefficient (Wildman–Crippen LogP) is 2.31. The summed E-state index contributed by atoms with van der Waals surface area (Å²) in [4.78, 5) is 16.3. The van der Waals surface area contributed by atoms with E-state index in [-0.39, 0.29) is 11.7 Å². The first-order valence-electron chi connectivity index (χ1n) is 6.06. The smallest absolute Gasteiger partial charge is 0.270 e. The molecule has 2 heterocycles. The number of imidazole rings is 1. The topological polar surface area (TPSA) is 46.4 Å². The number of carbonyl (C=O) groups is 1. The molecule has 96 valence electrons. The summed E-state index contributed by atoms with van der Waals surface area (Å²) in [6.07, 6.45) is 3.22. The Morgan fingerprint density at radius 1 is 1.50 bits per heavy atom. The van der Waals surface area contributed by atoms with Gasteiger partial charge in [0.1, 0.15) is 17.2 Å². The van der Waals surface area contributed by atoms with Crippen molar-refractivity contribution >= 4 is 11.6 Å². The SMILES string of the molecule is CCCCNC(=O)c1c(C)nc2ccc(F)cn12. The van der Waals surface area contributed by atoms with Gasteiger partial charge in [0.05, 0.1) is 5.69 Å². The number of carbonyl (C=O) groups excluding carboxylic acids is 1. The minimum Gasteiger partial charge on any atom is -0.351 e. The van der Waals surface area contributed by atoms with Crippen molar-refractivity contribution in [2.75, 3.05) is 6.54 Å². The number of hydrogen-bond acceptors (Lipinski definition) is 2. The third-order valence-corrected chi connectivity index (χ3v) is 2.79. The monoisotopic (exact) mass is 249 g/mol. The zero-order chi connectivity index (χ0) is 13.1. The van der Waals surface area contributed by atoms with Crippen LogP contribution in [0.1, 0.15) is 35.9 Å². The fraction of sp³-hybridized carbons (Fsp3) is 0.385. The van der Waals surface area contributed by atoms with Gasteiger partial charge in [0.15, 0.2) is 0 Å². The van der Waals surface area contributed by atoms with Crippen molar-refractivity contribution in [3.8, 4) is 0 Å². The highest BCUT2D eigenvalue weighted by Crippen LogP contribution is 2.13. The summed E-state index contributed by atoms with van der Waals surface area (Å²) in [6.45, 7) is 4.43. The van der Waals surface area contributed by atoms with Crippen LogP contribution in [-0.4, -0.2) is 21.8 Å². The lowest BCUT2D eigenvalue weighted by Crippen LogP contribution is -2.26. The Labute approximate surface area is 105 Å². The highest BCUT2D eigenvalue weighted by molar-refractivity contribution is 5.94. The molecule has 18 heavy (non-hydrogen) atoms. The van der Waals surface area contributed by atoms with Crippen LogP contribution in [0.4, 0.5) is 4.39 Å². The van der Waals surface area contributed by atoms with Crippen LogP contribution in [0.15, 0.2) is 18.3 Å². The number of aromatic nitrogens is 2. The van der Waals surface area contributed by atoms with E-state index in [0.717, 1.165) is 12.8 Å². The van der Waals surface area contributed by atoms with Crippen LogP contribution in [0.3, 0.4) is 0 Å². The summed E-state index contributed by atoms with van der Waals surface area (Å²) >= 11 is 0. The van der Waals surface area contributed by atoms with Crippen molar-refractivity contribution in [2.45, 2.75) is 26.7 Å². The van der Waals surface area contributed by atoms with E-state index in [9.17, 15) is 9.18 Å². The molecule has 0 spiro atoms. The fourth-order valence-corrected chi connectivity index (χ4v) is 1.87. The van der Waals surface area contributed by atoms with Gasteiger partial charge in [0.25, 0.3) is 5.91 Å². The molecule has 2 aromatic rings. The summed E-state index contributed by atoms with van der Waals surface area (Å²) in [5, 5.41) is 2.82. The number of aryl methyl sites for hydroxylation is 1. The Hall–Kier alpha value is -1.91. The molecule has 5 heteroatoms. The second kappa shape index (κ2) is 5.16. The maximum Gasteiger partial charge on any atom is 0.270 e. The lowest BCUT2D eigenvalue weighted by Gasteiger charge is -2.05. The average molecular weight is 249 g/mol. The summed E-state index contributed by atoms with van der Waals surface area (Å²) in [5.41, 5.74) is 1.59. The molecule has 0 radical (unpaired) electrons. The number of hydrogen-bond donors (Lipinski definition) is 1. The van der Waals surface area contributed by atoms with Crippen LogP contribution in [0, 0.1) is 12.7 Å². The first kappa shape index (κ1) is 12.5. The Bertz CT molecular complexity index is 577. The van der Waals surface area contributed by atoms with Gasteiger partial charge in [-0.25, -0.2) is 9.37 Å². The lowest BCUT2D eigenvalue weighted by atomic mass is 10.3. The molecular formula is C13H16FN3O. The molecule has 0 atom stereocenters. The lowest BCUT2D eigenvalue weighted by molar-refractivity contribution is 0.0946. The molecule has 1 N–H and O–H groups in total. The number of amides is 1. The van der Waals surface area contributed by atoms with E-state index in [0.29, 0.717) is 23.6 Å². The van der Waals surface area contributed by atoms with E-state index in [1.165, 1.54) is 16.7 Å². The van der Waals surface area contributed by atoms with Crippen LogP contribution in [0.2, 0.25) is 0 Å². The number of nitrogens with one attached hydrogen (secondary N) is 1. The quantitative estimate of drug-likeness (QED) is 0.845. The summed E-state index contributed by atoms with van der Waals surface area (Å²) in [6, 6.07) is 2.89. The molecule has 0 aliphatic heterocycles. The van der Waals surface area contributed by atoms with E-state index in [1.807, 2.05) is 0 Å². The van der Waals surface area contributed by atoms with Crippen molar-refractivity contribution < 1.29 is 9.18 Å². The normalized spacial score (nSPS) is 10.8. The minimum atomic E-state index is -0.387. The van der Waals surface area contributed by atoms with Crippen LogP contribution in [0.5, 0.6) is 0 Å². The second-order valence-electron chi connectivity index (χ2n) is 4.23. The van der Waals surface area contributed by atoms with Crippen molar-refractivity contribution in [1.82, 2.24) is 14.7 Å². The Balaban J connectivity index is 2.34. The first-order valence-corrected chi connectivity index (χ1v) is 6.06. The van der Waals surface area contributed by atoms with Crippen molar-refractivity contribution in [2.24, 2.45) is 0 Å². The molecule has 0 fully saturated rings. The van der Waals surface area contributed by atoms with Gasteiger partial charge in [0.2, 0.25) is 0 Å². The van der Waals surface area contributed by atoms with Gasteiger partial charge in [-0.2, -0.15) is 0 Å². The van der Waals surface area contributed by atoms with E-state index in [2.05, 4.69) is 17.2 Å². The second-order valence-corrected chi connectivity index (χ2v) is 4.23. The summed E-state index contributed by atoms with van der Waals surface area (Å²) in [5.74, 6) is -0.596. The largest absolute Gasteiger partial charge is 0.351 e. The molecule has 0 bridgehead atoms. The zero-order valence-corrected chi connectivity index (χ0v) is 10.5. The average Bonchev–Trinajstić information content (AvgIpc) is 2.64. The number of unbranched alkanes of at least 4 members (excludes halogenated alkanes) is 1. The van der Waals surface area contributed by atoms with Crippen LogP contribution >= 0.6 is 0 Å². The van der Waals surface area contributed by atoms with E-state index in [1.54, 1.807) is 13.0 Å². The Morgan fingerprint density at radius 3 is 3.00 bits per heavy atom. The zero-order valence-electron chi connectivity index (χ0n) is 10.5. The highest BCUT2D eigenvalue weighted by atomic mass is 19.1. The third kappa shape index (κ3) is 2.34. The minimum absolute atomic E-state index is 0.209. The molecule has 0 saturated carbocycles. The molecule has 0 aliphatic carbocycles. The maximum absolute atomic E-state index is 13.2. The molecule has 1 amide bonds. The van der Waals surface area contributed by atoms with Crippen LogP contribution in [-0.2, 0) is 0 Å². The molecule has 4 nitrogen and oxygen atoms in total. The van der Waals surface area contributed by atoms with Gasteiger partial charge in [-0.1, -0.05) is 13.3 Å². The number of rotatable bonds is 4. The number of fused-ring (bicyclic) bond motifs is 1. The van der Waals surface area contributed by atoms with Crippen LogP contribution in [0.25, 0.3) is 5.65 Å². The van der Waals surface area contributed by atoms with E-state index in [4.69, 9.17) is 0 Å². The van der Waals surface area contributed by atoms with Gasteiger partial charge in [-0.15, -0.1) is 0 Å². The fourth-order valence-electron chi connectivity index (χ4n) is 1.87. The molecule has 0 saturated heterocycles. The van der Waals surface area contributed by atoms with Gasteiger partial charge in [-0.3, -0.25) is 9.20 Å². The number of pyridine rings is 1. The van der Waals surface area contributed by atoms with Gasteiger partial charge in [-0.05, 0) is 25.5 Å². The molecule has 2 rings (SSSR count). The van der Waals surface area contributed by atoms with Crippen molar-refractivity contribution in [1.29, 1.82) is 0 Å². The molecule has 0 aliphatic rings.